The van der Waals surface area contributed by atoms with Crippen LogP contribution in [0.4, 0.5) is 4.39 Å². The Balaban J connectivity index is 2.50. The van der Waals surface area contributed by atoms with Gasteiger partial charge in [0, 0.05) is 6.42 Å². The monoisotopic (exact) mass is 236 g/mol. The number of nitrogens with two attached hydrogens (primary N) is 1. The largest absolute Gasteiger partial charge is 0.384 e. The first-order chi connectivity index (χ1) is 8.11. The molecule has 4 nitrogen and oxygen atoms in total. The minimum atomic E-state index is -0.526. The minimum absolute atomic E-state index is 0.0767. The zero-order valence-corrected chi connectivity index (χ0v) is 9.23. The molecule has 0 heterocycles. The Morgan fingerprint density at radius 2 is 2.12 bits per heavy atom. The van der Waals surface area contributed by atoms with Gasteiger partial charge in [-0.25, -0.2) is 9.18 Å². The fourth-order valence-corrected chi connectivity index (χ4v) is 1.11. The first kappa shape index (κ1) is 12.9. The molecule has 0 aliphatic heterocycles. The van der Waals surface area contributed by atoms with Crippen molar-refractivity contribution in [2.24, 2.45) is 10.9 Å². The summed E-state index contributed by atoms with van der Waals surface area (Å²) in [6.45, 7) is 3.39. The first-order valence-corrected chi connectivity index (χ1v) is 4.99. The minimum Gasteiger partial charge on any atom is -0.384 e. The lowest BCUT2D eigenvalue weighted by Crippen LogP contribution is -2.16. The Hall–Kier alpha value is -2.17. The molecule has 0 fully saturated rings. The molecule has 1 aromatic carbocycles. The van der Waals surface area contributed by atoms with Crippen LogP contribution < -0.4 is 5.73 Å². The molecule has 2 N–H and O–H groups in total. The Labute approximate surface area is 98.6 Å². The van der Waals surface area contributed by atoms with Gasteiger partial charge < -0.3 is 10.6 Å². The highest BCUT2D eigenvalue weighted by atomic mass is 19.1. The standard InChI is InChI=1S/C12H13FN2O2/c1-2-3-12(16)17-15-11(14)8-9-4-6-10(13)7-5-9/h2,4-7H,1,3,8H2,(H2,14,15). The zero-order chi connectivity index (χ0) is 12.7. The van der Waals surface area contributed by atoms with E-state index in [1.165, 1.54) is 18.2 Å². The van der Waals surface area contributed by atoms with Gasteiger partial charge in [0.1, 0.15) is 11.7 Å². The number of oxime groups is 1. The summed E-state index contributed by atoms with van der Waals surface area (Å²) in [5.74, 6) is -0.697. The van der Waals surface area contributed by atoms with Crippen LogP contribution in [0, 0.1) is 5.82 Å². The number of nitrogens with zero attached hydrogens (tertiary/aromatic N) is 1. The molecule has 90 valence electrons. The van der Waals surface area contributed by atoms with Crippen molar-refractivity contribution in [3.05, 3.63) is 48.3 Å². The SMILES string of the molecule is C=CCC(=O)O/N=C(\N)Cc1ccc(F)cc1. The molecule has 0 spiro atoms. The second kappa shape index (κ2) is 6.42. The maximum Gasteiger partial charge on any atom is 0.338 e. The normalized spacial score (nSPS) is 11.0. The molecule has 0 saturated carbocycles. The molecule has 17 heavy (non-hydrogen) atoms. The van der Waals surface area contributed by atoms with Crippen molar-refractivity contribution in [2.45, 2.75) is 12.8 Å². The van der Waals surface area contributed by atoms with Crippen LogP contribution in [-0.4, -0.2) is 11.8 Å². The summed E-state index contributed by atoms with van der Waals surface area (Å²) in [6, 6.07) is 5.82. The number of carbonyl (C=O) groups is 1. The fraction of sp³-hybridized carbons (Fsp3) is 0.167. The Bertz CT molecular complexity index is 427. The van der Waals surface area contributed by atoms with E-state index >= 15 is 0 Å². The van der Waals surface area contributed by atoms with Crippen LogP contribution in [0.3, 0.4) is 0 Å². The van der Waals surface area contributed by atoms with Crippen LogP contribution in [0.5, 0.6) is 0 Å². The van der Waals surface area contributed by atoms with E-state index in [4.69, 9.17) is 5.73 Å². The molecule has 5 heteroatoms. The topological polar surface area (TPSA) is 64.7 Å². The van der Waals surface area contributed by atoms with Gasteiger partial charge in [-0.3, -0.25) is 0 Å². The van der Waals surface area contributed by atoms with Gasteiger partial charge in [0.05, 0.1) is 6.42 Å². The van der Waals surface area contributed by atoms with Crippen molar-refractivity contribution in [2.75, 3.05) is 0 Å². The Morgan fingerprint density at radius 1 is 1.47 bits per heavy atom. The molecule has 0 saturated heterocycles. The van der Waals surface area contributed by atoms with Gasteiger partial charge in [-0.05, 0) is 17.7 Å². The summed E-state index contributed by atoms with van der Waals surface area (Å²) in [5.41, 5.74) is 6.33. The number of rotatable bonds is 5. The Kier molecular flexibility index (Phi) is 4.87. The third kappa shape index (κ3) is 4.92. The van der Waals surface area contributed by atoms with Crippen molar-refractivity contribution in [3.8, 4) is 0 Å². The summed E-state index contributed by atoms with van der Waals surface area (Å²) in [7, 11) is 0. The predicted molar refractivity (Wildman–Crippen MR) is 62.6 cm³/mol. The number of carbonyl (C=O) groups excluding carboxylic acids is 1. The molecule has 0 radical (unpaired) electrons. The van der Waals surface area contributed by atoms with Gasteiger partial charge in [-0.2, -0.15) is 0 Å². The highest BCUT2D eigenvalue weighted by molar-refractivity contribution is 5.83. The van der Waals surface area contributed by atoms with Crippen molar-refractivity contribution < 1.29 is 14.0 Å². The summed E-state index contributed by atoms with van der Waals surface area (Å²) in [6.07, 6.45) is 1.78. The molecule has 0 atom stereocenters. The fourth-order valence-electron chi connectivity index (χ4n) is 1.11. The molecule has 0 bridgehead atoms. The third-order valence-corrected chi connectivity index (χ3v) is 1.87. The van der Waals surface area contributed by atoms with Crippen LogP contribution in [0.2, 0.25) is 0 Å². The van der Waals surface area contributed by atoms with Crippen LogP contribution in [-0.2, 0) is 16.1 Å². The van der Waals surface area contributed by atoms with Crippen LogP contribution in [0.25, 0.3) is 0 Å². The summed E-state index contributed by atoms with van der Waals surface area (Å²) in [4.78, 5) is 15.5. The molecule has 0 aliphatic carbocycles. The van der Waals surface area contributed by atoms with E-state index in [0.717, 1.165) is 5.56 Å². The van der Waals surface area contributed by atoms with E-state index in [9.17, 15) is 9.18 Å². The van der Waals surface area contributed by atoms with E-state index in [2.05, 4.69) is 16.6 Å². The summed E-state index contributed by atoms with van der Waals surface area (Å²) in [5, 5.41) is 3.46. The first-order valence-electron chi connectivity index (χ1n) is 4.99. The molecule has 0 aromatic heterocycles. The molecule has 0 amide bonds. The predicted octanol–water partition coefficient (Wildman–Crippen LogP) is 1.76. The van der Waals surface area contributed by atoms with Crippen LogP contribution in [0.15, 0.2) is 42.1 Å². The third-order valence-electron chi connectivity index (χ3n) is 1.87. The van der Waals surface area contributed by atoms with Gasteiger partial charge in [-0.1, -0.05) is 23.4 Å². The lowest BCUT2D eigenvalue weighted by molar-refractivity contribution is -0.142. The second-order valence-corrected chi connectivity index (χ2v) is 3.34. The smallest absolute Gasteiger partial charge is 0.338 e. The van der Waals surface area contributed by atoms with Gasteiger partial charge in [0.25, 0.3) is 0 Å². The van der Waals surface area contributed by atoms with Gasteiger partial charge in [0.15, 0.2) is 0 Å². The van der Waals surface area contributed by atoms with Crippen molar-refractivity contribution in [1.82, 2.24) is 0 Å². The average Bonchev–Trinajstić information content (AvgIpc) is 2.30. The molecular weight excluding hydrogens is 223 g/mol. The van der Waals surface area contributed by atoms with Crippen molar-refractivity contribution >= 4 is 11.8 Å². The number of hydrogen-bond acceptors (Lipinski definition) is 3. The Morgan fingerprint density at radius 3 is 2.71 bits per heavy atom. The van der Waals surface area contributed by atoms with Crippen molar-refractivity contribution in [3.63, 3.8) is 0 Å². The highest BCUT2D eigenvalue weighted by Crippen LogP contribution is 2.03. The van der Waals surface area contributed by atoms with Crippen LogP contribution >= 0.6 is 0 Å². The van der Waals surface area contributed by atoms with E-state index in [-0.39, 0.29) is 18.1 Å². The lowest BCUT2D eigenvalue weighted by atomic mass is 10.1. The van der Waals surface area contributed by atoms with E-state index in [0.29, 0.717) is 6.42 Å². The highest BCUT2D eigenvalue weighted by Gasteiger charge is 2.01. The number of amidine groups is 1. The molecule has 1 rings (SSSR count). The maximum absolute atomic E-state index is 12.6. The lowest BCUT2D eigenvalue weighted by Gasteiger charge is -2.00. The number of halogens is 1. The maximum atomic E-state index is 12.6. The van der Waals surface area contributed by atoms with E-state index < -0.39 is 5.97 Å². The quantitative estimate of drug-likeness (QED) is 0.278. The number of benzene rings is 1. The molecular formula is C12H13FN2O2. The summed E-state index contributed by atoms with van der Waals surface area (Å²) >= 11 is 0. The number of hydrogen-bond donors (Lipinski definition) is 1. The van der Waals surface area contributed by atoms with Gasteiger partial charge in [-0.15, -0.1) is 6.58 Å². The average molecular weight is 236 g/mol. The second-order valence-electron chi connectivity index (χ2n) is 3.34. The van der Waals surface area contributed by atoms with Gasteiger partial charge >= 0.3 is 5.97 Å². The van der Waals surface area contributed by atoms with E-state index in [1.54, 1.807) is 12.1 Å². The van der Waals surface area contributed by atoms with E-state index in [1.807, 2.05) is 0 Å². The van der Waals surface area contributed by atoms with Crippen molar-refractivity contribution in [1.29, 1.82) is 0 Å². The summed E-state index contributed by atoms with van der Waals surface area (Å²) < 4.78 is 12.6. The van der Waals surface area contributed by atoms with Gasteiger partial charge in [0.2, 0.25) is 0 Å². The van der Waals surface area contributed by atoms with Crippen LogP contribution in [0.1, 0.15) is 12.0 Å². The molecule has 0 aliphatic rings. The molecule has 0 unspecified atom stereocenters. The zero-order valence-electron chi connectivity index (χ0n) is 9.23. The molecule has 1 aromatic rings.